The zero-order valence-electron chi connectivity index (χ0n) is 14.0. The standard InChI is InChI=1S/C19H18BrN3O2/c1-11-3-6-17-13(7-11)9-23(10-25-17)22-19(24)18-12(2)15-8-14(20)4-5-16(15)21-18/h3-8,21H,9-10H2,1-2H3,(H,22,24). The van der Waals surface area contributed by atoms with Crippen LogP contribution in [-0.4, -0.2) is 22.6 Å². The van der Waals surface area contributed by atoms with Gasteiger partial charge >= 0.3 is 0 Å². The summed E-state index contributed by atoms with van der Waals surface area (Å²) in [7, 11) is 0. The Balaban J connectivity index is 1.56. The number of fused-ring (bicyclic) bond motifs is 2. The number of hydrogen-bond donors (Lipinski definition) is 2. The van der Waals surface area contributed by atoms with Crippen molar-refractivity contribution in [1.29, 1.82) is 0 Å². The second-order valence-electron chi connectivity index (χ2n) is 6.34. The van der Waals surface area contributed by atoms with Gasteiger partial charge in [0.25, 0.3) is 5.91 Å². The average Bonchev–Trinajstić information content (AvgIpc) is 2.91. The lowest BCUT2D eigenvalue weighted by Gasteiger charge is -2.29. The van der Waals surface area contributed by atoms with Gasteiger partial charge in [-0.05, 0) is 43.7 Å². The number of halogens is 1. The van der Waals surface area contributed by atoms with Crippen LogP contribution in [0.15, 0.2) is 40.9 Å². The van der Waals surface area contributed by atoms with Gasteiger partial charge in [-0.25, -0.2) is 0 Å². The molecule has 1 amide bonds. The predicted octanol–water partition coefficient (Wildman–Crippen LogP) is 4.04. The highest BCUT2D eigenvalue weighted by molar-refractivity contribution is 9.10. The predicted molar refractivity (Wildman–Crippen MR) is 100 cm³/mol. The van der Waals surface area contributed by atoms with E-state index in [1.165, 1.54) is 5.56 Å². The maximum absolute atomic E-state index is 12.7. The number of ether oxygens (including phenoxy) is 1. The molecule has 5 nitrogen and oxygen atoms in total. The number of hydrogen-bond acceptors (Lipinski definition) is 3. The second kappa shape index (κ2) is 6.20. The molecule has 0 radical (unpaired) electrons. The fourth-order valence-corrected chi connectivity index (χ4v) is 3.53. The van der Waals surface area contributed by atoms with Crippen molar-refractivity contribution in [1.82, 2.24) is 15.4 Å². The first-order valence-electron chi connectivity index (χ1n) is 8.07. The Morgan fingerprint density at radius 3 is 2.92 bits per heavy atom. The average molecular weight is 400 g/mol. The summed E-state index contributed by atoms with van der Waals surface area (Å²) in [5.41, 5.74) is 7.64. The Kier molecular flexibility index (Phi) is 4.01. The van der Waals surface area contributed by atoms with Gasteiger partial charge in [0.05, 0.1) is 6.54 Å². The molecular weight excluding hydrogens is 382 g/mol. The first kappa shape index (κ1) is 16.2. The molecule has 6 heteroatoms. The van der Waals surface area contributed by atoms with E-state index in [0.29, 0.717) is 19.0 Å². The van der Waals surface area contributed by atoms with Gasteiger partial charge in [-0.1, -0.05) is 33.6 Å². The van der Waals surface area contributed by atoms with Crippen molar-refractivity contribution in [3.05, 3.63) is 63.3 Å². The number of carbonyl (C=O) groups excluding carboxylic acids is 1. The lowest BCUT2D eigenvalue weighted by Crippen LogP contribution is -2.46. The molecule has 2 N–H and O–H groups in total. The SMILES string of the molecule is Cc1ccc2c(c1)CN(NC(=O)c1[nH]c3ccc(Br)cc3c1C)CO2. The van der Waals surface area contributed by atoms with Crippen LogP contribution in [0.2, 0.25) is 0 Å². The van der Waals surface area contributed by atoms with Crippen LogP contribution in [0.5, 0.6) is 5.75 Å². The number of aryl methyl sites for hydroxylation is 2. The van der Waals surface area contributed by atoms with Crippen LogP contribution in [-0.2, 0) is 6.54 Å². The molecule has 0 bridgehead atoms. The third-order valence-electron chi connectivity index (χ3n) is 4.46. The second-order valence-corrected chi connectivity index (χ2v) is 7.25. The largest absolute Gasteiger partial charge is 0.476 e. The normalized spacial score (nSPS) is 14.2. The molecule has 0 saturated heterocycles. The van der Waals surface area contributed by atoms with Crippen LogP contribution < -0.4 is 10.2 Å². The summed E-state index contributed by atoms with van der Waals surface area (Å²) in [6.45, 7) is 4.94. The third kappa shape index (κ3) is 3.03. The zero-order valence-corrected chi connectivity index (χ0v) is 15.6. The molecule has 128 valence electrons. The van der Waals surface area contributed by atoms with Crippen LogP contribution in [0, 0.1) is 13.8 Å². The summed E-state index contributed by atoms with van der Waals surface area (Å²) in [5.74, 6) is 0.715. The lowest BCUT2D eigenvalue weighted by atomic mass is 10.1. The van der Waals surface area contributed by atoms with E-state index < -0.39 is 0 Å². The minimum atomic E-state index is -0.162. The fraction of sp³-hybridized carbons (Fsp3) is 0.211. The number of H-pyrrole nitrogens is 1. The number of benzene rings is 2. The Hall–Kier alpha value is -2.31. The maximum Gasteiger partial charge on any atom is 0.282 e. The molecule has 0 fully saturated rings. The molecule has 0 atom stereocenters. The first-order valence-corrected chi connectivity index (χ1v) is 8.86. The third-order valence-corrected chi connectivity index (χ3v) is 4.95. The molecule has 2 aromatic carbocycles. The van der Waals surface area contributed by atoms with Gasteiger partial charge in [0.15, 0.2) is 6.73 Å². The van der Waals surface area contributed by atoms with E-state index in [9.17, 15) is 4.79 Å². The van der Waals surface area contributed by atoms with Gasteiger partial charge in [-0.15, -0.1) is 0 Å². The van der Waals surface area contributed by atoms with Crippen molar-refractivity contribution in [3.63, 3.8) is 0 Å². The number of amides is 1. The van der Waals surface area contributed by atoms with Gasteiger partial charge in [-0.2, -0.15) is 5.01 Å². The Morgan fingerprint density at radius 1 is 1.24 bits per heavy atom. The lowest BCUT2D eigenvalue weighted by molar-refractivity contribution is 0.0388. The van der Waals surface area contributed by atoms with Crippen LogP contribution in [0.1, 0.15) is 27.2 Å². The topological polar surface area (TPSA) is 57.4 Å². The van der Waals surface area contributed by atoms with E-state index >= 15 is 0 Å². The van der Waals surface area contributed by atoms with Crippen molar-refractivity contribution in [2.75, 3.05) is 6.73 Å². The molecule has 0 aliphatic carbocycles. The Labute approximate surface area is 154 Å². The van der Waals surface area contributed by atoms with E-state index in [1.54, 1.807) is 5.01 Å². The number of hydrazine groups is 1. The number of aromatic amines is 1. The van der Waals surface area contributed by atoms with Crippen molar-refractivity contribution >= 4 is 32.7 Å². The number of nitrogens with zero attached hydrogens (tertiary/aromatic N) is 1. The molecule has 25 heavy (non-hydrogen) atoms. The van der Waals surface area contributed by atoms with Crippen molar-refractivity contribution in [2.24, 2.45) is 0 Å². The highest BCUT2D eigenvalue weighted by Gasteiger charge is 2.22. The number of nitrogens with one attached hydrogen (secondary N) is 2. The molecular formula is C19H18BrN3O2. The number of carbonyl (C=O) groups is 1. The van der Waals surface area contributed by atoms with Crippen LogP contribution >= 0.6 is 15.9 Å². The zero-order chi connectivity index (χ0) is 17.6. The molecule has 0 saturated carbocycles. The Bertz CT molecular complexity index is 980. The van der Waals surface area contributed by atoms with E-state index in [0.717, 1.165) is 32.3 Å². The summed E-state index contributed by atoms with van der Waals surface area (Å²) in [5, 5.41) is 2.82. The summed E-state index contributed by atoms with van der Waals surface area (Å²) >= 11 is 3.47. The van der Waals surface area contributed by atoms with Gasteiger partial charge in [0, 0.05) is 20.9 Å². The van der Waals surface area contributed by atoms with Gasteiger partial charge in [-0.3, -0.25) is 10.2 Å². The molecule has 3 aromatic rings. The summed E-state index contributed by atoms with van der Waals surface area (Å²) < 4.78 is 6.72. The molecule has 1 aliphatic heterocycles. The van der Waals surface area contributed by atoms with Crippen LogP contribution in [0.4, 0.5) is 0 Å². The smallest absolute Gasteiger partial charge is 0.282 e. The highest BCUT2D eigenvalue weighted by atomic mass is 79.9. The van der Waals surface area contributed by atoms with Crippen molar-refractivity contribution < 1.29 is 9.53 Å². The van der Waals surface area contributed by atoms with Crippen molar-refractivity contribution in [3.8, 4) is 5.75 Å². The van der Waals surface area contributed by atoms with Gasteiger partial charge in [0.1, 0.15) is 11.4 Å². The van der Waals surface area contributed by atoms with Crippen LogP contribution in [0.3, 0.4) is 0 Å². The molecule has 1 aromatic heterocycles. The van der Waals surface area contributed by atoms with Crippen LogP contribution in [0.25, 0.3) is 10.9 Å². The fourth-order valence-electron chi connectivity index (χ4n) is 3.17. The quantitative estimate of drug-likeness (QED) is 0.683. The summed E-state index contributed by atoms with van der Waals surface area (Å²) in [4.78, 5) is 15.9. The number of aromatic nitrogens is 1. The maximum atomic E-state index is 12.7. The minimum Gasteiger partial charge on any atom is -0.476 e. The molecule has 4 rings (SSSR count). The van der Waals surface area contributed by atoms with E-state index in [2.05, 4.69) is 32.4 Å². The molecule has 0 unspecified atom stereocenters. The van der Waals surface area contributed by atoms with Gasteiger partial charge < -0.3 is 9.72 Å². The monoisotopic (exact) mass is 399 g/mol. The number of rotatable bonds is 2. The van der Waals surface area contributed by atoms with Gasteiger partial charge in [0.2, 0.25) is 0 Å². The van der Waals surface area contributed by atoms with E-state index in [4.69, 9.17) is 4.74 Å². The minimum absolute atomic E-state index is 0.162. The Morgan fingerprint density at radius 2 is 2.08 bits per heavy atom. The van der Waals surface area contributed by atoms with E-state index in [-0.39, 0.29) is 5.91 Å². The molecule has 1 aliphatic rings. The molecule has 2 heterocycles. The summed E-state index contributed by atoms with van der Waals surface area (Å²) in [6.07, 6.45) is 0. The van der Waals surface area contributed by atoms with E-state index in [1.807, 2.05) is 44.2 Å². The van der Waals surface area contributed by atoms with Crippen molar-refractivity contribution in [2.45, 2.75) is 20.4 Å². The first-order chi connectivity index (χ1) is 12.0. The highest BCUT2D eigenvalue weighted by Crippen LogP contribution is 2.27. The summed E-state index contributed by atoms with van der Waals surface area (Å²) in [6, 6.07) is 12.0. The molecule has 0 spiro atoms.